The van der Waals surface area contributed by atoms with Gasteiger partial charge in [-0.1, -0.05) is 17.8 Å². The number of hydrogen-bond acceptors (Lipinski definition) is 2. The van der Waals surface area contributed by atoms with Gasteiger partial charge in [-0.2, -0.15) is 0 Å². The first-order valence-corrected chi connectivity index (χ1v) is 4.99. The van der Waals surface area contributed by atoms with Crippen molar-refractivity contribution in [1.29, 1.82) is 0 Å². The van der Waals surface area contributed by atoms with Gasteiger partial charge in [0.1, 0.15) is 0 Å². The Kier molecular flexibility index (Phi) is 2.01. The number of thiophene rings is 1. The monoisotopic (exact) mass is 181 g/mol. The van der Waals surface area contributed by atoms with Crippen molar-refractivity contribution < 1.29 is 0 Å². The van der Waals surface area contributed by atoms with Gasteiger partial charge in [0.15, 0.2) is 0 Å². The average Bonchev–Trinajstić information content (AvgIpc) is 2.60. The SMILES string of the molecule is c1c[nH]c(Sc2cccs2)c1. The van der Waals surface area contributed by atoms with Gasteiger partial charge in [-0.15, -0.1) is 11.3 Å². The van der Waals surface area contributed by atoms with E-state index in [4.69, 9.17) is 0 Å². The lowest BCUT2D eigenvalue weighted by Crippen LogP contribution is -1.64. The molecule has 0 spiro atoms. The molecule has 0 aromatic carbocycles. The maximum Gasteiger partial charge on any atom is 0.0777 e. The van der Waals surface area contributed by atoms with E-state index in [9.17, 15) is 0 Å². The van der Waals surface area contributed by atoms with Crippen LogP contribution in [0.25, 0.3) is 0 Å². The minimum Gasteiger partial charge on any atom is -0.356 e. The first-order valence-electron chi connectivity index (χ1n) is 3.30. The minimum atomic E-state index is 1.20. The minimum absolute atomic E-state index is 1.20. The zero-order valence-corrected chi connectivity index (χ0v) is 7.41. The van der Waals surface area contributed by atoms with Gasteiger partial charge in [-0.3, -0.25) is 0 Å². The second-order valence-electron chi connectivity index (χ2n) is 2.07. The molecule has 0 aliphatic carbocycles. The lowest BCUT2D eigenvalue weighted by atomic mass is 10.7. The van der Waals surface area contributed by atoms with Crippen molar-refractivity contribution in [3.8, 4) is 0 Å². The highest BCUT2D eigenvalue weighted by Crippen LogP contribution is 2.29. The van der Waals surface area contributed by atoms with Gasteiger partial charge in [0.05, 0.1) is 9.24 Å². The summed E-state index contributed by atoms with van der Waals surface area (Å²) in [7, 11) is 0. The second-order valence-corrected chi connectivity index (χ2v) is 4.36. The van der Waals surface area contributed by atoms with Gasteiger partial charge in [-0.25, -0.2) is 0 Å². The fourth-order valence-corrected chi connectivity index (χ4v) is 2.52. The van der Waals surface area contributed by atoms with Gasteiger partial charge in [0.25, 0.3) is 0 Å². The Balaban J connectivity index is 2.14. The van der Waals surface area contributed by atoms with Crippen molar-refractivity contribution in [3.05, 3.63) is 35.8 Å². The van der Waals surface area contributed by atoms with E-state index in [0.717, 1.165) is 0 Å². The largest absolute Gasteiger partial charge is 0.356 e. The first-order chi connectivity index (χ1) is 5.45. The molecule has 0 unspecified atom stereocenters. The summed E-state index contributed by atoms with van der Waals surface area (Å²) in [5.74, 6) is 0. The lowest BCUT2D eigenvalue weighted by Gasteiger charge is -1.90. The van der Waals surface area contributed by atoms with E-state index in [1.165, 1.54) is 9.24 Å². The molecule has 0 aliphatic heterocycles. The Hall–Kier alpha value is -0.670. The molecule has 56 valence electrons. The van der Waals surface area contributed by atoms with E-state index in [-0.39, 0.29) is 0 Å². The molecule has 0 radical (unpaired) electrons. The molecule has 3 heteroatoms. The van der Waals surface area contributed by atoms with E-state index >= 15 is 0 Å². The van der Waals surface area contributed by atoms with E-state index in [0.29, 0.717) is 0 Å². The van der Waals surface area contributed by atoms with Crippen LogP contribution in [0, 0.1) is 0 Å². The predicted octanol–water partition coefficient (Wildman–Crippen LogP) is 3.23. The number of hydrogen-bond donors (Lipinski definition) is 1. The molecule has 0 bridgehead atoms. The van der Waals surface area contributed by atoms with Crippen molar-refractivity contribution in [2.24, 2.45) is 0 Å². The van der Waals surface area contributed by atoms with Gasteiger partial charge in [0.2, 0.25) is 0 Å². The maximum absolute atomic E-state index is 3.15. The van der Waals surface area contributed by atoms with Crippen LogP contribution in [0.3, 0.4) is 0 Å². The quantitative estimate of drug-likeness (QED) is 0.752. The van der Waals surface area contributed by atoms with E-state index in [2.05, 4.69) is 28.6 Å². The van der Waals surface area contributed by atoms with Gasteiger partial charge < -0.3 is 4.98 Å². The summed E-state index contributed by atoms with van der Waals surface area (Å²) in [6.07, 6.45) is 1.94. The molecule has 2 rings (SSSR count). The Morgan fingerprint density at radius 3 is 2.91 bits per heavy atom. The number of aromatic amines is 1. The van der Waals surface area contributed by atoms with Crippen molar-refractivity contribution in [3.63, 3.8) is 0 Å². The van der Waals surface area contributed by atoms with Crippen LogP contribution in [0.15, 0.2) is 45.1 Å². The van der Waals surface area contributed by atoms with Crippen LogP contribution in [-0.4, -0.2) is 4.98 Å². The molecular formula is C8H7NS2. The summed E-state index contributed by atoms with van der Waals surface area (Å²) in [5.41, 5.74) is 0. The smallest absolute Gasteiger partial charge is 0.0777 e. The molecule has 2 aromatic rings. The van der Waals surface area contributed by atoms with Crippen molar-refractivity contribution >= 4 is 23.1 Å². The van der Waals surface area contributed by atoms with E-state index in [1.807, 2.05) is 12.3 Å². The Bertz CT molecular complexity index is 264. The standard InChI is InChI=1S/C8H7NS2/c1-3-7(9-5-1)11-8-4-2-6-10-8/h1-6,9H. The van der Waals surface area contributed by atoms with Gasteiger partial charge >= 0.3 is 0 Å². The number of aromatic nitrogens is 1. The summed E-state index contributed by atoms with van der Waals surface area (Å²) < 4.78 is 1.33. The summed E-state index contributed by atoms with van der Waals surface area (Å²) in [6, 6.07) is 8.27. The molecule has 1 N–H and O–H groups in total. The van der Waals surface area contributed by atoms with Crippen LogP contribution in [0.4, 0.5) is 0 Å². The Morgan fingerprint density at radius 1 is 1.27 bits per heavy atom. The van der Waals surface area contributed by atoms with E-state index < -0.39 is 0 Å². The first kappa shape index (κ1) is 7.00. The fourth-order valence-electron chi connectivity index (χ4n) is 0.807. The number of H-pyrrole nitrogens is 1. The van der Waals surface area contributed by atoms with Crippen LogP contribution < -0.4 is 0 Å². The molecule has 0 aliphatic rings. The van der Waals surface area contributed by atoms with Gasteiger partial charge in [-0.05, 0) is 23.6 Å². The summed E-state index contributed by atoms with van der Waals surface area (Å²) in [4.78, 5) is 3.15. The van der Waals surface area contributed by atoms with Crippen molar-refractivity contribution in [2.75, 3.05) is 0 Å². The highest BCUT2D eigenvalue weighted by molar-refractivity contribution is 8.01. The molecule has 0 atom stereocenters. The van der Waals surface area contributed by atoms with Crippen molar-refractivity contribution in [2.45, 2.75) is 9.24 Å². The third-order valence-corrected chi connectivity index (χ3v) is 3.29. The molecule has 1 nitrogen and oxygen atoms in total. The summed E-state index contributed by atoms with van der Waals surface area (Å²) in [5, 5.41) is 3.29. The van der Waals surface area contributed by atoms with Crippen LogP contribution >= 0.6 is 23.1 Å². The number of rotatable bonds is 2. The zero-order valence-electron chi connectivity index (χ0n) is 5.78. The third-order valence-electron chi connectivity index (χ3n) is 1.28. The molecule has 2 aromatic heterocycles. The Morgan fingerprint density at radius 2 is 2.27 bits per heavy atom. The van der Waals surface area contributed by atoms with Crippen LogP contribution in [0.5, 0.6) is 0 Å². The zero-order chi connectivity index (χ0) is 7.52. The fraction of sp³-hybridized carbons (Fsp3) is 0. The highest BCUT2D eigenvalue weighted by Gasteiger charge is 1.96. The lowest BCUT2D eigenvalue weighted by molar-refractivity contribution is 1.20. The molecule has 2 heterocycles. The maximum atomic E-state index is 3.15. The normalized spacial score (nSPS) is 10.2. The third kappa shape index (κ3) is 1.67. The molecule has 0 fully saturated rings. The molecular weight excluding hydrogens is 174 g/mol. The highest BCUT2D eigenvalue weighted by atomic mass is 32.2. The van der Waals surface area contributed by atoms with Crippen LogP contribution in [0.2, 0.25) is 0 Å². The average molecular weight is 181 g/mol. The predicted molar refractivity (Wildman–Crippen MR) is 49.2 cm³/mol. The second kappa shape index (κ2) is 3.15. The molecule has 11 heavy (non-hydrogen) atoms. The molecule has 0 saturated heterocycles. The molecule has 0 saturated carbocycles. The summed E-state index contributed by atoms with van der Waals surface area (Å²) >= 11 is 3.53. The van der Waals surface area contributed by atoms with Crippen LogP contribution in [0.1, 0.15) is 0 Å². The van der Waals surface area contributed by atoms with Gasteiger partial charge in [0, 0.05) is 6.20 Å². The topological polar surface area (TPSA) is 15.8 Å². The Labute approximate surface area is 73.5 Å². The van der Waals surface area contributed by atoms with Crippen molar-refractivity contribution in [1.82, 2.24) is 4.98 Å². The number of nitrogens with one attached hydrogen (secondary N) is 1. The molecule has 0 amide bonds. The van der Waals surface area contributed by atoms with Crippen LogP contribution in [-0.2, 0) is 0 Å². The van der Waals surface area contributed by atoms with E-state index in [1.54, 1.807) is 23.1 Å². The summed E-state index contributed by atoms with van der Waals surface area (Å²) in [6.45, 7) is 0.